The van der Waals surface area contributed by atoms with Gasteiger partial charge in [-0.05, 0) is 30.5 Å². The first-order valence-corrected chi connectivity index (χ1v) is 15.2. The number of amides is 1. The van der Waals surface area contributed by atoms with Crippen LogP contribution in [0.3, 0.4) is 0 Å². The van der Waals surface area contributed by atoms with Crippen molar-refractivity contribution in [2.24, 2.45) is 5.92 Å². The van der Waals surface area contributed by atoms with Crippen LogP contribution in [0.5, 0.6) is 0 Å². The van der Waals surface area contributed by atoms with Gasteiger partial charge in [-0.1, -0.05) is 111 Å². The first-order chi connectivity index (χ1) is 22.1. The van der Waals surface area contributed by atoms with E-state index in [1.54, 1.807) is 13.8 Å². The molecule has 0 radical (unpaired) electrons. The fourth-order valence-corrected chi connectivity index (χ4v) is 5.74. The number of ether oxygens (including phenoxy) is 2. The molecule has 47 heavy (non-hydrogen) atoms. The van der Waals surface area contributed by atoms with Crippen molar-refractivity contribution in [1.29, 1.82) is 0 Å². The lowest BCUT2D eigenvalue weighted by atomic mass is 9.79. The summed E-state index contributed by atoms with van der Waals surface area (Å²) in [4.78, 5) is 36.1. The van der Waals surface area contributed by atoms with E-state index >= 15 is 0 Å². The molecule has 5 aromatic rings. The van der Waals surface area contributed by atoms with Crippen molar-refractivity contribution in [3.8, 4) is 0 Å². The van der Waals surface area contributed by atoms with Crippen LogP contribution in [0.4, 0.5) is 5.95 Å². The van der Waals surface area contributed by atoms with Crippen LogP contribution in [-0.2, 0) is 19.9 Å². The Kier molecular flexibility index (Phi) is 9.73. The van der Waals surface area contributed by atoms with E-state index in [2.05, 4.69) is 20.3 Å². The highest BCUT2D eigenvalue weighted by molar-refractivity contribution is 5.91. The smallest absolute Gasteiger partial charge is 0.280 e. The molecule has 246 valence electrons. The van der Waals surface area contributed by atoms with Gasteiger partial charge in [-0.15, -0.1) is 0 Å². The van der Waals surface area contributed by atoms with E-state index in [9.17, 15) is 19.8 Å². The van der Waals surface area contributed by atoms with Crippen molar-refractivity contribution in [2.75, 3.05) is 11.9 Å². The van der Waals surface area contributed by atoms with Crippen LogP contribution in [0.1, 0.15) is 55.3 Å². The molecule has 3 aromatic carbocycles. The van der Waals surface area contributed by atoms with Crippen molar-refractivity contribution in [1.82, 2.24) is 19.5 Å². The molecule has 11 nitrogen and oxygen atoms in total. The minimum atomic E-state index is -1.40. The van der Waals surface area contributed by atoms with E-state index < -0.39 is 35.7 Å². The van der Waals surface area contributed by atoms with E-state index in [1.165, 1.54) is 10.9 Å². The number of aliphatic hydroxyl groups is 2. The van der Waals surface area contributed by atoms with Crippen LogP contribution in [0.15, 0.2) is 90.0 Å². The molecule has 1 aliphatic heterocycles. The first kappa shape index (κ1) is 33.7. The lowest BCUT2D eigenvalue weighted by Crippen LogP contribution is -2.39. The molecular weight excluding hydrogens is 598 g/mol. The van der Waals surface area contributed by atoms with Gasteiger partial charge in [0.2, 0.25) is 11.9 Å². The monoisotopic (exact) mass is 639 g/mol. The molecule has 1 fully saturated rings. The Morgan fingerprint density at radius 3 is 2.11 bits per heavy atom. The maximum absolute atomic E-state index is 12.8. The van der Waals surface area contributed by atoms with Gasteiger partial charge < -0.3 is 19.7 Å². The number of benzene rings is 3. The van der Waals surface area contributed by atoms with E-state index in [0.29, 0.717) is 0 Å². The molecular formula is C36H41N5O6. The third kappa shape index (κ3) is 6.35. The van der Waals surface area contributed by atoms with E-state index in [1.807, 2.05) is 92.7 Å². The number of H-pyrrole nitrogens is 1. The van der Waals surface area contributed by atoms with E-state index in [-0.39, 0.29) is 43.0 Å². The van der Waals surface area contributed by atoms with Gasteiger partial charge in [0.05, 0.1) is 12.9 Å². The largest absolute Gasteiger partial charge is 0.387 e. The molecule has 0 saturated carbocycles. The second-order valence-electron chi connectivity index (χ2n) is 12.0. The van der Waals surface area contributed by atoms with Gasteiger partial charge in [-0.25, -0.2) is 4.98 Å². The molecule has 2 aromatic heterocycles. The Labute approximate surface area is 273 Å². The number of hydrogen-bond acceptors (Lipinski definition) is 8. The van der Waals surface area contributed by atoms with Crippen molar-refractivity contribution in [3.63, 3.8) is 0 Å². The number of aromatic amines is 1. The summed E-state index contributed by atoms with van der Waals surface area (Å²) in [7, 11) is 0. The van der Waals surface area contributed by atoms with Gasteiger partial charge in [-0.2, -0.15) is 4.98 Å². The number of nitrogens with one attached hydrogen (secondary N) is 2. The van der Waals surface area contributed by atoms with Gasteiger partial charge in [0, 0.05) is 5.92 Å². The highest BCUT2D eigenvalue weighted by atomic mass is 16.6. The van der Waals surface area contributed by atoms with Crippen molar-refractivity contribution in [2.45, 2.75) is 65.3 Å². The number of imidazole rings is 1. The number of aromatic nitrogens is 4. The predicted molar refractivity (Wildman–Crippen MR) is 179 cm³/mol. The minimum absolute atomic E-state index is 0. The van der Waals surface area contributed by atoms with Crippen molar-refractivity contribution >= 4 is 23.0 Å². The van der Waals surface area contributed by atoms with Crippen LogP contribution in [0.2, 0.25) is 0 Å². The summed E-state index contributed by atoms with van der Waals surface area (Å²) in [5.74, 6) is -0.734. The SMILES string of the molecule is C.Cc1ccc(C(OC[C@H]2O[C@@H](n3cnc4c(=O)[nH]c(NC(=O)C(C)C)nc43)[C@@H](O)C2O)(c2ccccc2)c2ccc(C)cc2)cc1. The second kappa shape index (κ2) is 13.6. The van der Waals surface area contributed by atoms with Crippen LogP contribution in [0.25, 0.3) is 11.2 Å². The molecule has 4 atom stereocenters. The fraction of sp³-hybridized carbons (Fsp3) is 0.333. The molecule has 4 N–H and O–H groups in total. The van der Waals surface area contributed by atoms with Gasteiger partial charge >= 0.3 is 0 Å². The average Bonchev–Trinajstić information content (AvgIpc) is 3.59. The Morgan fingerprint density at radius 2 is 1.53 bits per heavy atom. The third-order valence-electron chi connectivity index (χ3n) is 8.37. The van der Waals surface area contributed by atoms with E-state index in [0.717, 1.165) is 27.8 Å². The highest BCUT2D eigenvalue weighted by Gasteiger charge is 2.47. The lowest BCUT2D eigenvalue weighted by molar-refractivity contribution is -0.118. The van der Waals surface area contributed by atoms with Crippen molar-refractivity contribution < 1.29 is 24.5 Å². The van der Waals surface area contributed by atoms with Gasteiger partial charge in [0.15, 0.2) is 17.4 Å². The molecule has 1 unspecified atom stereocenters. The summed E-state index contributed by atoms with van der Waals surface area (Å²) in [6.45, 7) is 7.38. The number of carbonyl (C=O) groups is 1. The molecule has 1 saturated heterocycles. The van der Waals surface area contributed by atoms with Crippen LogP contribution in [0, 0.1) is 19.8 Å². The molecule has 11 heteroatoms. The van der Waals surface area contributed by atoms with Gasteiger partial charge in [0.1, 0.15) is 23.9 Å². The Bertz CT molecular complexity index is 1840. The number of anilines is 1. The number of aryl methyl sites for hydroxylation is 2. The number of fused-ring (bicyclic) bond motifs is 1. The lowest BCUT2D eigenvalue weighted by Gasteiger charge is -2.37. The second-order valence-corrected chi connectivity index (χ2v) is 12.0. The fourth-order valence-electron chi connectivity index (χ4n) is 5.74. The zero-order valence-electron chi connectivity index (χ0n) is 26.0. The predicted octanol–water partition coefficient (Wildman–Crippen LogP) is 4.59. The number of aliphatic hydroxyl groups excluding tert-OH is 2. The molecule has 1 amide bonds. The standard InChI is InChI=1S/C35H37N5O6.CH4/c1-20(2)31(43)38-34-37-30-27(32(44)39-34)36-19-40(30)33-29(42)28(41)26(46-33)18-45-35(23-8-6-5-7-9-23,24-14-10-21(3)11-15-24)25-16-12-22(4)13-17-25;/h5-17,19-20,26,28-29,33,41-42H,18H2,1-4H3,(H2,37,38,39,43,44);1H4/t26-,28?,29+,33-;/m1./s1. The number of hydrogen-bond donors (Lipinski definition) is 4. The average molecular weight is 640 g/mol. The molecule has 3 heterocycles. The highest BCUT2D eigenvalue weighted by Crippen LogP contribution is 2.42. The Morgan fingerprint density at radius 1 is 0.957 bits per heavy atom. The maximum atomic E-state index is 12.8. The van der Waals surface area contributed by atoms with Gasteiger partial charge in [0.25, 0.3) is 5.56 Å². The number of carbonyl (C=O) groups excluding carboxylic acids is 1. The van der Waals surface area contributed by atoms with Gasteiger partial charge in [-0.3, -0.25) is 24.5 Å². The minimum Gasteiger partial charge on any atom is -0.387 e. The number of nitrogens with zero attached hydrogens (tertiary/aromatic N) is 3. The maximum Gasteiger partial charge on any atom is 0.280 e. The summed E-state index contributed by atoms with van der Waals surface area (Å²) in [6.07, 6.45) is -3.52. The van der Waals surface area contributed by atoms with Crippen LogP contribution < -0.4 is 10.9 Å². The third-order valence-corrected chi connectivity index (χ3v) is 8.37. The molecule has 0 spiro atoms. The quantitative estimate of drug-likeness (QED) is 0.171. The van der Waals surface area contributed by atoms with Crippen LogP contribution in [-0.4, -0.2) is 60.6 Å². The normalized spacial score (nSPS) is 19.6. The number of rotatable bonds is 9. The summed E-state index contributed by atoms with van der Waals surface area (Å²) in [5.41, 5.74) is 3.29. The topological polar surface area (TPSA) is 152 Å². The molecule has 0 aliphatic carbocycles. The summed E-state index contributed by atoms with van der Waals surface area (Å²) < 4.78 is 14.5. The zero-order chi connectivity index (χ0) is 32.6. The van der Waals surface area contributed by atoms with E-state index in [4.69, 9.17) is 9.47 Å². The first-order valence-electron chi connectivity index (χ1n) is 15.2. The molecule has 6 rings (SSSR count). The zero-order valence-corrected chi connectivity index (χ0v) is 26.0. The molecule has 1 aliphatic rings. The summed E-state index contributed by atoms with van der Waals surface area (Å²) in [5, 5.41) is 25.0. The van der Waals surface area contributed by atoms with Crippen molar-refractivity contribution in [3.05, 3.63) is 123 Å². The molecule has 0 bridgehead atoms. The summed E-state index contributed by atoms with van der Waals surface area (Å²) in [6, 6.07) is 26.1. The van der Waals surface area contributed by atoms with Crippen LogP contribution >= 0.6 is 0 Å². The summed E-state index contributed by atoms with van der Waals surface area (Å²) >= 11 is 0. The Balaban J connectivity index is 0.00000433. The Hall–Kier alpha value is -4.68.